The molecule has 1 saturated carbocycles. The Kier molecular flexibility index (Phi) is 3.54. The van der Waals surface area contributed by atoms with Crippen LogP contribution in [0.25, 0.3) is 0 Å². The lowest BCUT2D eigenvalue weighted by molar-refractivity contribution is -0.658. The van der Waals surface area contributed by atoms with Crippen LogP contribution in [0, 0.1) is 5.92 Å². The normalized spacial score (nSPS) is 28.5. The molecular weight excluding hydrogens is 208 g/mol. The highest BCUT2D eigenvalue weighted by molar-refractivity contribution is 4.75. The molecule has 0 N–H and O–H groups in total. The van der Waals surface area contributed by atoms with Crippen LogP contribution in [-0.2, 0) is 19.6 Å². The lowest BCUT2D eigenvalue weighted by Crippen LogP contribution is -2.50. The molecule has 0 amide bonds. The van der Waals surface area contributed by atoms with E-state index in [4.69, 9.17) is 19.6 Å². The van der Waals surface area contributed by atoms with Crippen LogP contribution in [-0.4, -0.2) is 11.6 Å². The van der Waals surface area contributed by atoms with Gasteiger partial charge < -0.3 is 0 Å². The topological polar surface area (TPSA) is 36.9 Å². The van der Waals surface area contributed by atoms with Crippen LogP contribution >= 0.6 is 0 Å². The molecule has 0 aromatic rings. The molecule has 0 aromatic heterocycles. The van der Waals surface area contributed by atoms with Gasteiger partial charge in [0, 0.05) is 19.3 Å². The first-order chi connectivity index (χ1) is 7.54. The fourth-order valence-corrected chi connectivity index (χ4v) is 2.42. The summed E-state index contributed by atoms with van der Waals surface area (Å²) in [6.07, 6.45) is 5.90. The summed E-state index contributed by atoms with van der Waals surface area (Å²) in [4.78, 5) is 21.8. The molecule has 94 valence electrons. The van der Waals surface area contributed by atoms with Gasteiger partial charge in [-0.05, 0) is 25.7 Å². The maximum atomic E-state index is 5.48. The smallest absolute Gasteiger partial charge is 0.195 e. The standard InChI is InChI=1S/C12H22O4/c1-10(2)9-11(3)13-15-12(16-14-11)7-5-4-6-8-12/h10H,4-9H2,1-3H3. The van der Waals surface area contributed by atoms with E-state index in [1.807, 2.05) is 6.92 Å². The largest absolute Gasteiger partial charge is 0.234 e. The lowest BCUT2D eigenvalue weighted by Gasteiger charge is -2.43. The molecule has 4 heteroatoms. The van der Waals surface area contributed by atoms with Gasteiger partial charge in [-0.25, -0.2) is 0 Å². The second-order valence-corrected chi connectivity index (χ2v) is 5.54. The molecule has 2 fully saturated rings. The Balaban J connectivity index is 1.90. The zero-order valence-corrected chi connectivity index (χ0v) is 10.5. The second-order valence-electron chi connectivity index (χ2n) is 5.54. The Hall–Kier alpha value is -0.160. The molecule has 1 heterocycles. The Labute approximate surface area is 97.1 Å². The van der Waals surface area contributed by atoms with Crippen LogP contribution in [0.2, 0.25) is 0 Å². The van der Waals surface area contributed by atoms with Gasteiger partial charge in [0.05, 0.1) is 0 Å². The molecule has 2 aliphatic rings. The van der Waals surface area contributed by atoms with E-state index in [1.54, 1.807) is 0 Å². The van der Waals surface area contributed by atoms with Gasteiger partial charge in [-0.2, -0.15) is 19.6 Å². The third-order valence-electron chi connectivity index (χ3n) is 3.13. The van der Waals surface area contributed by atoms with Gasteiger partial charge >= 0.3 is 0 Å². The first kappa shape index (κ1) is 12.3. The van der Waals surface area contributed by atoms with Crippen LogP contribution in [0.3, 0.4) is 0 Å². The molecule has 0 atom stereocenters. The van der Waals surface area contributed by atoms with E-state index in [2.05, 4.69) is 13.8 Å². The second kappa shape index (κ2) is 4.61. The van der Waals surface area contributed by atoms with Gasteiger partial charge in [0.15, 0.2) is 0 Å². The van der Waals surface area contributed by atoms with E-state index < -0.39 is 11.6 Å². The van der Waals surface area contributed by atoms with Crippen LogP contribution < -0.4 is 0 Å². The Morgan fingerprint density at radius 3 is 2.00 bits per heavy atom. The fraction of sp³-hybridized carbons (Fsp3) is 1.00. The van der Waals surface area contributed by atoms with E-state index in [0.717, 1.165) is 32.1 Å². The Morgan fingerprint density at radius 1 is 0.938 bits per heavy atom. The summed E-state index contributed by atoms with van der Waals surface area (Å²) in [5.74, 6) is -0.941. The van der Waals surface area contributed by atoms with E-state index >= 15 is 0 Å². The minimum absolute atomic E-state index is 0.470. The number of hydrogen-bond donors (Lipinski definition) is 0. The predicted octanol–water partition coefficient (Wildman–Crippen LogP) is 3.32. The minimum Gasteiger partial charge on any atom is -0.195 e. The van der Waals surface area contributed by atoms with Crippen LogP contribution in [0.5, 0.6) is 0 Å². The highest BCUT2D eigenvalue weighted by Gasteiger charge is 2.47. The van der Waals surface area contributed by atoms with Gasteiger partial charge in [-0.3, -0.25) is 0 Å². The minimum atomic E-state index is -0.767. The third kappa shape index (κ3) is 2.74. The predicted molar refractivity (Wildman–Crippen MR) is 58.0 cm³/mol. The maximum absolute atomic E-state index is 5.48. The van der Waals surface area contributed by atoms with Gasteiger partial charge in [-0.15, -0.1) is 0 Å². The molecule has 0 radical (unpaired) electrons. The van der Waals surface area contributed by atoms with Crippen LogP contribution in [0.15, 0.2) is 0 Å². The molecule has 16 heavy (non-hydrogen) atoms. The van der Waals surface area contributed by atoms with Crippen molar-refractivity contribution in [3.8, 4) is 0 Å². The molecule has 1 aliphatic heterocycles. The van der Waals surface area contributed by atoms with Crippen LogP contribution in [0.1, 0.15) is 59.3 Å². The zero-order valence-electron chi connectivity index (χ0n) is 10.5. The highest BCUT2D eigenvalue weighted by atomic mass is 17.4. The number of hydrogen-bond acceptors (Lipinski definition) is 4. The molecule has 2 rings (SSSR count). The van der Waals surface area contributed by atoms with Crippen molar-refractivity contribution in [3.63, 3.8) is 0 Å². The van der Waals surface area contributed by atoms with Gasteiger partial charge in [0.1, 0.15) is 0 Å². The van der Waals surface area contributed by atoms with E-state index in [0.29, 0.717) is 5.92 Å². The molecule has 4 nitrogen and oxygen atoms in total. The first-order valence-corrected chi connectivity index (χ1v) is 6.27. The van der Waals surface area contributed by atoms with Gasteiger partial charge in [0.2, 0.25) is 11.6 Å². The summed E-state index contributed by atoms with van der Waals surface area (Å²) in [5.41, 5.74) is 0. The van der Waals surface area contributed by atoms with Crippen molar-refractivity contribution < 1.29 is 19.6 Å². The Bertz CT molecular complexity index is 223. The summed E-state index contributed by atoms with van der Waals surface area (Å²) in [7, 11) is 0. The first-order valence-electron chi connectivity index (χ1n) is 6.27. The van der Waals surface area contributed by atoms with Crippen molar-refractivity contribution in [3.05, 3.63) is 0 Å². The van der Waals surface area contributed by atoms with Gasteiger partial charge in [0.25, 0.3) is 0 Å². The van der Waals surface area contributed by atoms with E-state index in [9.17, 15) is 0 Å². The molecular formula is C12H22O4. The summed E-state index contributed by atoms with van der Waals surface area (Å²) in [6, 6.07) is 0. The molecule has 1 saturated heterocycles. The van der Waals surface area contributed by atoms with Crippen molar-refractivity contribution in [2.45, 2.75) is 70.9 Å². The maximum Gasteiger partial charge on any atom is 0.234 e. The Morgan fingerprint density at radius 2 is 1.50 bits per heavy atom. The summed E-state index contributed by atoms with van der Waals surface area (Å²) in [6.45, 7) is 6.08. The molecule has 1 aliphatic carbocycles. The zero-order chi connectivity index (χ0) is 11.6. The fourth-order valence-electron chi connectivity index (χ4n) is 2.42. The average molecular weight is 230 g/mol. The summed E-state index contributed by atoms with van der Waals surface area (Å²) >= 11 is 0. The van der Waals surface area contributed by atoms with E-state index in [-0.39, 0.29) is 0 Å². The van der Waals surface area contributed by atoms with Crippen molar-refractivity contribution in [1.29, 1.82) is 0 Å². The summed E-state index contributed by atoms with van der Waals surface area (Å²) < 4.78 is 0. The molecule has 1 spiro atoms. The van der Waals surface area contributed by atoms with Crippen molar-refractivity contribution >= 4 is 0 Å². The van der Waals surface area contributed by atoms with Crippen LogP contribution in [0.4, 0.5) is 0 Å². The molecule has 0 bridgehead atoms. The molecule has 0 aromatic carbocycles. The SMILES string of the molecule is CC(C)CC1(C)OOC2(CCCCC2)OO1. The lowest BCUT2D eigenvalue weighted by atomic mass is 9.94. The quantitative estimate of drug-likeness (QED) is 0.682. The van der Waals surface area contributed by atoms with E-state index in [1.165, 1.54) is 6.42 Å². The third-order valence-corrected chi connectivity index (χ3v) is 3.13. The average Bonchev–Trinajstić information content (AvgIpc) is 2.24. The molecule has 0 unspecified atom stereocenters. The van der Waals surface area contributed by atoms with Crippen molar-refractivity contribution in [1.82, 2.24) is 0 Å². The highest BCUT2D eigenvalue weighted by Crippen LogP contribution is 2.40. The van der Waals surface area contributed by atoms with Crippen molar-refractivity contribution in [2.24, 2.45) is 5.92 Å². The van der Waals surface area contributed by atoms with Crippen molar-refractivity contribution in [2.75, 3.05) is 0 Å². The monoisotopic (exact) mass is 230 g/mol. The van der Waals surface area contributed by atoms with Gasteiger partial charge in [-0.1, -0.05) is 20.3 Å². The number of rotatable bonds is 2. The summed E-state index contributed by atoms with van der Waals surface area (Å²) in [5, 5.41) is 0.